The number of hydrogen-bond donors (Lipinski definition) is 2. The number of pyridine rings is 1. The van der Waals surface area contributed by atoms with E-state index >= 15 is 0 Å². The first kappa shape index (κ1) is 15.8. The van der Waals surface area contributed by atoms with E-state index in [1.165, 1.54) is 12.1 Å². The Morgan fingerprint density at radius 3 is 2.76 bits per heavy atom. The highest BCUT2D eigenvalue weighted by Gasteiger charge is 2.16. The molecule has 0 amide bonds. The van der Waals surface area contributed by atoms with Crippen LogP contribution < -0.4 is 10.5 Å². The van der Waals surface area contributed by atoms with Gasteiger partial charge in [-0.25, -0.2) is 13.1 Å². The molecular formula is C14H16ClN3O2S. The van der Waals surface area contributed by atoms with Crippen molar-refractivity contribution < 1.29 is 8.42 Å². The van der Waals surface area contributed by atoms with Crippen molar-refractivity contribution in [2.45, 2.75) is 18.2 Å². The lowest BCUT2D eigenvalue weighted by Gasteiger charge is -2.10. The molecule has 0 fully saturated rings. The third kappa shape index (κ3) is 3.93. The predicted molar refractivity (Wildman–Crippen MR) is 83.7 cm³/mol. The Bertz CT molecular complexity index is 710. The van der Waals surface area contributed by atoms with Crippen molar-refractivity contribution in [3.05, 3.63) is 52.8 Å². The van der Waals surface area contributed by atoms with E-state index in [1.54, 1.807) is 19.3 Å². The summed E-state index contributed by atoms with van der Waals surface area (Å²) in [7, 11) is -3.60. The van der Waals surface area contributed by atoms with Gasteiger partial charge in [0.15, 0.2) is 0 Å². The highest BCUT2D eigenvalue weighted by atomic mass is 35.5. The van der Waals surface area contributed by atoms with Crippen LogP contribution in [-0.4, -0.2) is 19.9 Å². The summed E-state index contributed by atoms with van der Waals surface area (Å²) in [6, 6.07) is 6.58. The van der Waals surface area contributed by atoms with Crippen molar-refractivity contribution >= 4 is 27.3 Å². The van der Waals surface area contributed by atoms with Crippen LogP contribution in [0.1, 0.15) is 11.1 Å². The molecule has 2 rings (SSSR count). The lowest BCUT2D eigenvalue weighted by molar-refractivity contribution is 0.581. The minimum absolute atomic E-state index is 0.119. The normalized spacial score (nSPS) is 11.5. The van der Waals surface area contributed by atoms with Crippen LogP contribution in [0.25, 0.3) is 0 Å². The first-order chi connectivity index (χ1) is 9.90. The van der Waals surface area contributed by atoms with E-state index < -0.39 is 10.0 Å². The minimum Gasteiger partial charge on any atom is -0.397 e. The summed E-state index contributed by atoms with van der Waals surface area (Å²) < 4.78 is 27.0. The Morgan fingerprint density at radius 2 is 2.14 bits per heavy atom. The number of hydrogen-bond acceptors (Lipinski definition) is 4. The van der Waals surface area contributed by atoms with Gasteiger partial charge in [-0.05, 0) is 42.7 Å². The van der Waals surface area contributed by atoms with Crippen LogP contribution in [0, 0.1) is 6.92 Å². The molecule has 0 aliphatic heterocycles. The number of aromatic nitrogens is 1. The van der Waals surface area contributed by atoms with Gasteiger partial charge >= 0.3 is 0 Å². The van der Waals surface area contributed by atoms with Crippen molar-refractivity contribution in [1.82, 2.24) is 9.71 Å². The molecule has 0 radical (unpaired) electrons. The number of nitrogens with one attached hydrogen (secondary N) is 1. The summed E-state index contributed by atoms with van der Waals surface area (Å²) in [5.74, 6) is 0. The number of sulfonamides is 1. The van der Waals surface area contributed by atoms with Gasteiger partial charge in [-0.15, -0.1) is 0 Å². The quantitative estimate of drug-likeness (QED) is 0.825. The maximum atomic E-state index is 12.2. The van der Waals surface area contributed by atoms with Crippen LogP contribution in [0.4, 0.5) is 5.69 Å². The first-order valence-corrected chi connectivity index (χ1v) is 8.20. The smallest absolute Gasteiger partial charge is 0.240 e. The number of nitrogens with two attached hydrogens (primary N) is 1. The van der Waals surface area contributed by atoms with Crippen LogP contribution in [0.3, 0.4) is 0 Å². The predicted octanol–water partition coefficient (Wildman–Crippen LogP) is 2.15. The summed E-state index contributed by atoms with van der Waals surface area (Å²) in [6.07, 6.45) is 3.95. The summed E-state index contributed by atoms with van der Waals surface area (Å²) in [4.78, 5) is 4.10. The van der Waals surface area contributed by atoms with Crippen LogP contribution in [0.15, 0.2) is 41.6 Å². The number of benzene rings is 1. The summed E-state index contributed by atoms with van der Waals surface area (Å²) in [5, 5.41) is 0.379. The van der Waals surface area contributed by atoms with Gasteiger partial charge in [0.1, 0.15) is 0 Å². The second kappa shape index (κ2) is 6.43. The summed E-state index contributed by atoms with van der Waals surface area (Å²) >= 11 is 5.94. The summed E-state index contributed by atoms with van der Waals surface area (Å²) in [6.45, 7) is 2.00. The van der Waals surface area contributed by atoms with Crippen molar-refractivity contribution in [1.29, 1.82) is 0 Å². The Hall–Kier alpha value is -1.63. The Kier molecular flexibility index (Phi) is 4.82. The van der Waals surface area contributed by atoms with E-state index in [1.807, 2.05) is 12.1 Å². The number of nitrogen functional groups attached to an aromatic ring is 1. The topological polar surface area (TPSA) is 85.1 Å². The van der Waals surface area contributed by atoms with Gasteiger partial charge in [0.05, 0.1) is 15.6 Å². The summed E-state index contributed by atoms with van der Waals surface area (Å²) in [5.41, 5.74) is 7.55. The largest absolute Gasteiger partial charge is 0.397 e. The molecule has 0 saturated heterocycles. The van der Waals surface area contributed by atoms with Crippen LogP contribution >= 0.6 is 11.6 Å². The van der Waals surface area contributed by atoms with Crippen LogP contribution in [0.5, 0.6) is 0 Å². The SMILES string of the molecule is Cc1cc(S(=O)(=O)NCCc2cccnc2)cc(N)c1Cl. The zero-order valence-corrected chi connectivity index (χ0v) is 13.1. The van der Waals surface area contributed by atoms with Crippen LogP contribution in [0.2, 0.25) is 5.02 Å². The monoisotopic (exact) mass is 325 g/mol. The Morgan fingerprint density at radius 1 is 1.38 bits per heavy atom. The van der Waals surface area contributed by atoms with Gasteiger partial charge in [-0.3, -0.25) is 4.98 Å². The van der Waals surface area contributed by atoms with E-state index in [9.17, 15) is 8.42 Å². The van der Waals surface area contributed by atoms with Crippen molar-refractivity contribution in [2.75, 3.05) is 12.3 Å². The first-order valence-electron chi connectivity index (χ1n) is 6.34. The highest BCUT2D eigenvalue weighted by molar-refractivity contribution is 7.89. The van der Waals surface area contributed by atoms with Crippen LogP contribution in [-0.2, 0) is 16.4 Å². The molecule has 0 atom stereocenters. The maximum absolute atomic E-state index is 12.2. The lowest BCUT2D eigenvalue weighted by atomic mass is 10.2. The average molecular weight is 326 g/mol. The fourth-order valence-corrected chi connectivity index (χ4v) is 3.14. The molecule has 0 saturated carbocycles. The molecule has 2 aromatic rings. The Balaban J connectivity index is 2.09. The van der Waals surface area contributed by atoms with E-state index in [-0.39, 0.29) is 17.1 Å². The second-order valence-corrected chi connectivity index (χ2v) is 6.80. The number of halogens is 1. The molecule has 112 valence electrons. The van der Waals surface area contributed by atoms with E-state index in [2.05, 4.69) is 9.71 Å². The van der Waals surface area contributed by atoms with Crippen molar-refractivity contribution in [3.63, 3.8) is 0 Å². The lowest BCUT2D eigenvalue weighted by Crippen LogP contribution is -2.26. The molecule has 7 heteroatoms. The molecule has 0 unspecified atom stereocenters. The molecule has 3 N–H and O–H groups in total. The molecule has 0 aliphatic carbocycles. The van der Waals surface area contributed by atoms with Gasteiger partial charge < -0.3 is 5.73 Å². The number of nitrogens with zero attached hydrogens (tertiary/aromatic N) is 1. The van der Waals surface area contributed by atoms with Crippen molar-refractivity contribution in [2.24, 2.45) is 0 Å². The molecule has 1 aromatic carbocycles. The minimum atomic E-state index is -3.60. The van der Waals surface area contributed by atoms with Crippen molar-refractivity contribution in [3.8, 4) is 0 Å². The van der Waals surface area contributed by atoms with Gasteiger partial charge in [0.25, 0.3) is 0 Å². The Labute approximate surface area is 129 Å². The molecule has 1 aromatic heterocycles. The third-order valence-electron chi connectivity index (χ3n) is 3.00. The molecule has 21 heavy (non-hydrogen) atoms. The molecule has 0 bridgehead atoms. The molecule has 1 heterocycles. The zero-order valence-electron chi connectivity index (χ0n) is 11.5. The van der Waals surface area contributed by atoms with E-state index in [4.69, 9.17) is 17.3 Å². The maximum Gasteiger partial charge on any atom is 0.240 e. The fourth-order valence-electron chi connectivity index (χ4n) is 1.88. The molecule has 5 nitrogen and oxygen atoms in total. The molecule has 0 aliphatic rings. The fraction of sp³-hybridized carbons (Fsp3) is 0.214. The zero-order chi connectivity index (χ0) is 15.5. The van der Waals surface area contributed by atoms with Gasteiger partial charge in [0, 0.05) is 18.9 Å². The highest BCUT2D eigenvalue weighted by Crippen LogP contribution is 2.26. The van der Waals surface area contributed by atoms with E-state index in [0.717, 1.165) is 5.56 Å². The third-order valence-corrected chi connectivity index (χ3v) is 4.95. The van der Waals surface area contributed by atoms with Gasteiger partial charge in [-0.2, -0.15) is 0 Å². The average Bonchev–Trinajstić information content (AvgIpc) is 2.45. The molecule has 0 spiro atoms. The second-order valence-electron chi connectivity index (χ2n) is 4.65. The van der Waals surface area contributed by atoms with E-state index in [0.29, 0.717) is 17.0 Å². The number of anilines is 1. The number of rotatable bonds is 5. The standard InChI is InChI=1S/C14H16ClN3O2S/c1-10-7-12(8-13(16)14(10)15)21(19,20)18-6-4-11-3-2-5-17-9-11/h2-3,5,7-9,18H,4,6,16H2,1H3. The molecular weight excluding hydrogens is 310 g/mol. The van der Waals surface area contributed by atoms with Gasteiger partial charge in [0.2, 0.25) is 10.0 Å². The van der Waals surface area contributed by atoms with Gasteiger partial charge in [-0.1, -0.05) is 17.7 Å². The number of aryl methyl sites for hydroxylation is 1.